The number of rotatable bonds is 2. The zero-order chi connectivity index (χ0) is 15.8. The van der Waals surface area contributed by atoms with E-state index in [9.17, 15) is 9.59 Å². The van der Waals surface area contributed by atoms with Crippen LogP contribution in [0.4, 0.5) is 0 Å². The maximum atomic E-state index is 12.9. The van der Waals surface area contributed by atoms with Crippen LogP contribution in [0.3, 0.4) is 0 Å². The Morgan fingerprint density at radius 2 is 2.13 bits per heavy atom. The Kier molecular flexibility index (Phi) is 3.65. The number of hydrogen-bond donors (Lipinski definition) is 0. The fourth-order valence-electron chi connectivity index (χ4n) is 3.50. The van der Waals surface area contributed by atoms with Crippen molar-refractivity contribution < 1.29 is 14.3 Å². The van der Waals surface area contributed by atoms with Crippen molar-refractivity contribution in [2.75, 3.05) is 6.54 Å². The van der Waals surface area contributed by atoms with Crippen LogP contribution in [0.5, 0.6) is 0 Å². The van der Waals surface area contributed by atoms with E-state index < -0.39 is 12.1 Å². The average molecular weight is 327 g/mol. The number of fused-ring (bicyclic) bond motifs is 1. The average Bonchev–Trinajstić information content (AvgIpc) is 3.25. The van der Waals surface area contributed by atoms with Crippen molar-refractivity contribution in [1.82, 2.24) is 4.90 Å². The van der Waals surface area contributed by atoms with Gasteiger partial charge in [0, 0.05) is 13.0 Å². The quantitative estimate of drug-likeness (QED) is 0.796. The zero-order valence-electron chi connectivity index (χ0n) is 12.6. The summed E-state index contributed by atoms with van der Waals surface area (Å²) < 4.78 is 5.43. The van der Waals surface area contributed by atoms with Gasteiger partial charge in [-0.3, -0.25) is 4.79 Å². The highest BCUT2D eigenvalue weighted by Gasteiger charge is 2.38. The predicted octanol–water partition coefficient (Wildman–Crippen LogP) is 3.19. The summed E-state index contributed by atoms with van der Waals surface area (Å²) in [6, 6.07) is 9.55. The minimum absolute atomic E-state index is 0.0680. The van der Waals surface area contributed by atoms with Crippen LogP contribution in [-0.4, -0.2) is 29.4 Å². The van der Waals surface area contributed by atoms with Crippen molar-refractivity contribution in [2.24, 2.45) is 0 Å². The molecule has 0 radical (unpaired) electrons. The van der Waals surface area contributed by atoms with E-state index in [1.165, 1.54) is 5.56 Å². The largest absolute Gasteiger partial charge is 0.448 e. The van der Waals surface area contributed by atoms with Crippen LogP contribution in [-0.2, 0) is 16.0 Å². The van der Waals surface area contributed by atoms with Gasteiger partial charge in [-0.15, -0.1) is 0 Å². The second kappa shape index (κ2) is 5.81. The Balaban J connectivity index is 1.57. The van der Waals surface area contributed by atoms with Crippen molar-refractivity contribution in [1.29, 1.82) is 0 Å². The highest BCUT2D eigenvalue weighted by atomic mass is 32.1. The van der Waals surface area contributed by atoms with Gasteiger partial charge < -0.3 is 9.64 Å². The molecular formula is C18H17NO3S. The van der Waals surface area contributed by atoms with Crippen LogP contribution < -0.4 is 0 Å². The number of carbonyl (C=O) groups is 2. The van der Waals surface area contributed by atoms with Gasteiger partial charge in [-0.25, -0.2) is 4.79 Å². The lowest BCUT2D eigenvalue weighted by Gasteiger charge is -2.30. The normalized spacial score (nSPS) is 23.5. The molecule has 2 aliphatic rings. The Morgan fingerprint density at radius 3 is 2.96 bits per heavy atom. The number of hydrogen-bond acceptors (Lipinski definition) is 4. The van der Waals surface area contributed by atoms with Crippen molar-refractivity contribution in [2.45, 2.75) is 31.4 Å². The van der Waals surface area contributed by atoms with Gasteiger partial charge in [-0.1, -0.05) is 18.2 Å². The highest BCUT2D eigenvalue weighted by Crippen LogP contribution is 2.34. The van der Waals surface area contributed by atoms with Gasteiger partial charge in [-0.05, 0) is 46.9 Å². The number of cyclic esters (lactones) is 1. The molecule has 5 heteroatoms. The van der Waals surface area contributed by atoms with Crippen LogP contribution in [0.15, 0.2) is 41.1 Å². The number of esters is 1. The zero-order valence-corrected chi connectivity index (χ0v) is 13.4. The van der Waals surface area contributed by atoms with Gasteiger partial charge in [0.2, 0.25) is 0 Å². The van der Waals surface area contributed by atoms with E-state index in [0.29, 0.717) is 12.0 Å². The molecule has 118 valence electrons. The third-order valence-electron chi connectivity index (χ3n) is 4.63. The van der Waals surface area contributed by atoms with Crippen molar-refractivity contribution in [3.05, 3.63) is 57.8 Å². The first-order chi connectivity index (χ1) is 11.2. The molecule has 2 aromatic rings. The van der Waals surface area contributed by atoms with Gasteiger partial charge in [0.15, 0.2) is 6.10 Å². The summed E-state index contributed by atoms with van der Waals surface area (Å²) in [6.07, 6.45) is 1.73. The highest BCUT2D eigenvalue weighted by molar-refractivity contribution is 7.08. The molecule has 1 amide bonds. The third-order valence-corrected chi connectivity index (χ3v) is 5.33. The van der Waals surface area contributed by atoms with E-state index in [2.05, 4.69) is 11.4 Å². The molecule has 1 aromatic heterocycles. The lowest BCUT2D eigenvalue weighted by atomic mass is 9.97. The molecule has 2 aliphatic heterocycles. The van der Waals surface area contributed by atoms with Gasteiger partial charge in [-0.2, -0.15) is 11.3 Å². The van der Waals surface area contributed by atoms with Gasteiger partial charge in [0.05, 0.1) is 11.6 Å². The van der Waals surface area contributed by atoms with Crippen LogP contribution in [0.1, 0.15) is 40.4 Å². The summed E-state index contributed by atoms with van der Waals surface area (Å²) in [6.45, 7) is 0.731. The smallest absolute Gasteiger partial charge is 0.339 e. The summed E-state index contributed by atoms with van der Waals surface area (Å²) in [4.78, 5) is 26.9. The standard InChI is InChI=1S/C18H17NO3S/c20-17(19-8-3-6-15(19)13-7-9-23-11-13)16-10-12-4-1-2-5-14(12)18(21)22-16/h1-2,4-5,7,9,11,15-16H,3,6,8,10H2/t15-,16+/m0/s1. The molecule has 23 heavy (non-hydrogen) atoms. The molecule has 0 N–H and O–H groups in total. The molecule has 0 aliphatic carbocycles. The fraction of sp³-hybridized carbons (Fsp3) is 0.333. The first-order valence-electron chi connectivity index (χ1n) is 7.85. The van der Waals surface area contributed by atoms with Gasteiger partial charge in [0.1, 0.15) is 0 Å². The number of carbonyl (C=O) groups excluding carboxylic acids is 2. The summed E-state index contributed by atoms with van der Waals surface area (Å²) in [5.41, 5.74) is 2.66. The van der Waals surface area contributed by atoms with Gasteiger partial charge in [0.25, 0.3) is 5.91 Å². The third kappa shape index (κ3) is 2.55. The molecular weight excluding hydrogens is 310 g/mol. The number of benzene rings is 1. The molecule has 2 atom stereocenters. The summed E-state index contributed by atoms with van der Waals surface area (Å²) in [5, 5.41) is 4.13. The minimum Gasteiger partial charge on any atom is -0.448 e. The maximum absolute atomic E-state index is 12.9. The minimum atomic E-state index is -0.698. The van der Waals surface area contributed by atoms with E-state index >= 15 is 0 Å². The van der Waals surface area contributed by atoms with E-state index in [-0.39, 0.29) is 11.9 Å². The summed E-state index contributed by atoms with van der Waals surface area (Å²) in [7, 11) is 0. The molecule has 1 saturated heterocycles. The monoisotopic (exact) mass is 327 g/mol. The van der Waals surface area contributed by atoms with Crippen molar-refractivity contribution in [3.8, 4) is 0 Å². The molecule has 3 heterocycles. The molecule has 4 nitrogen and oxygen atoms in total. The Morgan fingerprint density at radius 1 is 1.26 bits per heavy atom. The number of amides is 1. The first-order valence-corrected chi connectivity index (χ1v) is 8.80. The van der Waals surface area contributed by atoms with E-state index in [1.54, 1.807) is 17.4 Å². The summed E-state index contributed by atoms with van der Waals surface area (Å²) in [5.74, 6) is -0.460. The number of thiophene rings is 1. The lowest BCUT2D eigenvalue weighted by Crippen LogP contribution is -2.44. The Labute approximate surface area is 138 Å². The van der Waals surface area contributed by atoms with Crippen molar-refractivity contribution in [3.63, 3.8) is 0 Å². The molecule has 0 bridgehead atoms. The summed E-state index contributed by atoms with van der Waals surface area (Å²) >= 11 is 1.64. The fourth-order valence-corrected chi connectivity index (χ4v) is 4.20. The lowest BCUT2D eigenvalue weighted by molar-refractivity contribution is -0.142. The predicted molar refractivity (Wildman–Crippen MR) is 87.4 cm³/mol. The first kappa shape index (κ1) is 14.5. The van der Waals surface area contributed by atoms with E-state index in [1.807, 2.05) is 28.5 Å². The molecule has 0 saturated carbocycles. The Hall–Kier alpha value is -2.14. The van der Waals surface area contributed by atoms with Crippen LogP contribution >= 0.6 is 11.3 Å². The Bertz CT molecular complexity index is 740. The topological polar surface area (TPSA) is 46.6 Å². The van der Waals surface area contributed by atoms with Crippen LogP contribution in [0.2, 0.25) is 0 Å². The van der Waals surface area contributed by atoms with Crippen LogP contribution in [0.25, 0.3) is 0 Å². The second-order valence-corrected chi connectivity index (χ2v) is 6.78. The SMILES string of the molecule is O=C1O[C@@H](C(=O)N2CCC[C@H]2c2ccsc2)Cc2ccccc21. The van der Waals surface area contributed by atoms with E-state index in [0.717, 1.165) is 24.9 Å². The van der Waals surface area contributed by atoms with E-state index in [4.69, 9.17) is 4.74 Å². The molecule has 1 aromatic carbocycles. The molecule has 0 unspecified atom stereocenters. The van der Waals surface area contributed by atoms with Crippen LogP contribution in [0, 0.1) is 0 Å². The molecule has 0 spiro atoms. The maximum Gasteiger partial charge on any atom is 0.339 e. The number of likely N-dealkylation sites (tertiary alicyclic amines) is 1. The molecule has 4 rings (SSSR count). The van der Waals surface area contributed by atoms with Crippen molar-refractivity contribution >= 4 is 23.2 Å². The second-order valence-electron chi connectivity index (χ2n) is 6.00. The number of nitrogens with zero attached hydrogens (tertiary/aromatic N) is 1. The number of ether oxygens (including phenoxy) is 1. The van der Waals surface area contributed by atoms with Gasteiger partial charge >= 0.3 is 5.97 Å². The molecule has 1 fully saturated rings.